The molecule has 0 aliphatic carbocycles. The molecule has 0 aromatic carbocycles. The molecule has 1 aliphatic rings. The van der Waals surface area contributed by atoms with Crippen LogP contribution in [0.3, 0.4) is 0 Å². The average molecular weight is 165 g/mol. The first kappa shape index (κ1) is 9.20. The van der Waals surface area contributed by atoms with E-state index in [1.807, 2.05) is 12.2 Å². The van der Waals surface area contributed by atoms with Crippen LogP contribution < -0.4 is 5.32 Å². The summed E-state index contributed by atoms with van der Waals surface area (Å²) in [6, 6.07) is 0. The molecule has 1 rings (SSSR count). The molecule has 0 bridgehead atoms. The molecule has 1 aliphatic heterocycles. The number of carbonyl (C=O) groups is 1. The van der Waals surface area contributed by atoms with Gasteiger partial charge in [0.15, 0.2) is 5.78 Å². The molecule has 66 valence electrons. The van der Waals surface area contributed by atoms with Crippen LogP contribution in [-0.2, 0) is 4.79 Å². The van der Waals surface area contributed by atoms with Gasteiger partial charge in [0.1, 0.15) is 0 Å². The van der Waals surface area contributed by atoms with Crippen LogP contribution in [0.2, 0.25) is 0 Å². The van der Waals surface area contributed by atoms with E-state index in [1.54, 1.807) is 6.92 Å². The van der Waals surface area contributed by atoms with Crippen molar-refractivity contribution in [3.05, 3.63) is 23.8 Å². The molecule has 0 saturated carbocycles. The van der Waals surface area contributed by atoms with Crippen molar-refractivity contribution in [1.29, 1.82) is 0 Å². The summed E-state index contributed by atoms with van der Waals surface area (Å²) >= 11 is 0. The first-order valence-corrected chi connectivity index (χ1v) is 4.39. The second-order valence-corrected chi connectivity index (χ2v) is 2.96. The minimum Gasteiger partial charge on any atom is -0.313 e. The van der Waals surface area contributed by atoms with Crippen molar-refractivity contribution >= 4 is 5.78 Å². The van der Waals surface area contributed by atoms with Gasteiger partial charge in [-0.1, -0.05) is 18.2 Å². The zero-order valence-electron chi connectivity index (χ0n) is 7.47. The van der Waals surface area contributed by atoms with Crippen LogP contribution in [0.4, 0.5) is 0 Å². The normalized spacial score (nSPS) is 18.9. The first-order valence-electron chi connectivity index (χ1n) is 4.39. The van der Waals surface area contributed by atoms with Crippen molar-refractivity contribution in [2.24, 2.45) is 0 Å². The lowest BCUT2D eigenvalue weighted by atomic mass is 10.1. The molecule has 0 fully saturated rings. The van der Waals surface area contributed by atoms with Gasteiger partial charge in [0, 0.05) is 12.1 Å². The summed E-state index contributed by atoms with van der Waals surface area (Å²) < 4.78 is 0. The monoisotopic (exact) mass is 165 g/mol. The third-order valence-electron chi connectivity index (χ3n) is 1.89. The maximum Gasteiger partial charge on any atom is 0.159 e. The highest BCUT2D eigenvalue weighted by Crippen LogP contribution is 2.02. The van der Waals surface area contributed by atoms with Gasteiger partial charge >= 0.3 is 0 Å². The smallest absolute Gasteiger partial charge is 0.159 e. The van der Waals surface area contributed by atoms with Gasteiger partial charge in [-0.05, 0) is 26.3 Å². The van der Waals surface area contributed by atoms with Crippen molar-refractivity contribution in [2.45, 2.75) is 19.8 Å². The lowest BCUT2D eigenvalue weighted by Gasteiger charge is -1.97. The maximum absolute atomic E-state index is 11.0. The van der Waals surface area contributed by atoms with Gasteiger partial charge < -0.3 is 5.32 Å². The average Bonchev–Trinajstić information content (AvgIpc) is 2.15. The van der Waals surface area contributed by atoms with Crippen molar-refractivity contribution in [1.82, 2.24) is 5.32 Å². The van der Waals surface area contributed by atoms with Gasteiger partial charge in [-0.2, -0.15) is 0 Å². The summed E-state index contributed by atoms with van der Waals surface area (Å²) in [6.45, 7) is 3.44. The molecule has 0 saturated heterocycles. The van der Waals surface area contributed by atoms with E-state index in [0.717, 1.165) is 31.5 Å². The van der Waals surface area contributed by atoms with Gasteiger partial charge in [0.25, 0.3) is 0 Å². The topological polar surface area (TPSA) is 29.1 Å². The third kappa shape index (κ3) is 3.01. The van der Waals surface area contributed by atoms with Gasteiger partial charge in [-0.25, -0.2) is 0 Å². The summed E-state index contributed by atoms with van der Waals surface area (Å²) in [6.07, 6.45) is 8.15. The largest absolute Gasteiger partial charge is 0.313 e. The molecule has 1 N–H and O–H groups in total. The summed E-state index contributed by atoms with van der Waals surface area (Å²) in [4.78, 5) is 11.0. The fourth-order valence-corrected chi connectivity index (χ4v) is 1.17. The van der Waals surface area contributed by atoms with Gasteiger partial charge in [0.2, 0.25) is 0 Å². The summed E-state index contributed by atoms with van der Waals surface area (Å²) in [5.74, 6) is 0.148. The SMILES string of the molecule is CC(=O)C1=CCNCCCC=C1. The zero-order valence-corrected chi connectivity index (χ0v) is 7.47. The van der Waals surface area contributed by atoms with Crippen molar-refractivity contribution in [2.75, 3.05) is 13.1 Å². The van der Waals surface area contributed by atoms with Gasteiger partial charge in [-0.3, -0.25) is 4.79 Å². The van der Waals surface area contributed by atoms with Crippen molar-refractivity contribution in [3.8, 4) is 0 Å². The van der Waals surface area contributed by atoms with Gasteiger partial charge in [0.05, 0.1) is 0 Å². The molecular formula is C10H15NO. The number of hydrogen-bond acceptors (Lipinski definition) is 2. The predicted octanol–water partition coefficient (Wildman–Crippen LogP) is 1.44. The van der Waals surface area contributed by atoms with Crippen LogP contribution >= 0.6 is 0 Å². The number of ketones is 1. The van der Waals surface area contributed by atoms with Crippen LogP contribution in [0.1, 0.15) is 19.8 Å². The fraction of sp³-hybridized carbons (Fsp3) is 0.500. The van der Waals surface area contributed by atoms with E-state index in [4.69, 9.17) is 0 Å². The Morgan fingerprint density at radius 2 is 2.42 bits per heavy atom. The van der Waals surface area contributed by atoms with E-state index in [2.05, 4.69) is 11.4 Å². The van der Waals surface area contributed by atoms with Crippen LogP contribution in [0.5, 0.6) is 0 Å². The summed E-state index contributed by atoms with van der Waals surface area (Å²) in [5, 5.41) is 3.24. The molecule has 0 amide bonds. The highest BCUT2D eigenvalue weighted by Gasteiger charge is 1.99. The Kier molecular flexibility index (Phi) is 3.74. The van der Waals surface area contributed by atoms with Crippen LogP contribution in [0.15, 0.2) is 23.8 Å². The minimum atomic E-state index is 0.148. The zero-order chi connectivity index (χ0) is 8.81. The molecule has 0 radical (unpaired) electrons. The lowest BCUT2D eigenvalue weighted by molar-refractivity contribution is -0.113. The van der Waals surface area contributed by atoms with Crippen LogP contribution in [-0.4, -0.2) is 18.9 Å². The van der Waals surface area contributed by atoms with E-state index < -0.39 is 0 Å². The number of hydrogen-bond donors (Lipinski definition) is 1. The van der Waals surface area contributed by atoms with Crippen LogP contribution in [0, 0.1) is 0 Å². The predicted molar refractivity (Wildman–Crippen MR) is 50.0 cm³/mol. The second kappa shape index (κ2) is 4.88. The molecule has 0 aromatic heterocycles. The molecule has 0 unspecified atom stereocenters. The Morgan fingerprint density at radius 1 is 1.58 bits per heavy atom. The van der Waals surface area contributed by atoms with Crippen molar-refractivity contribution in [3.63, 3.8) is 0 Å². The maximum atomic E-state index is 11.0. The van der Waals surface area contributed by atoms with E-state index in [-0.39, 0.29) is 5.78 Å². The summed E-state index contributed by atoms with van der Waals surface area (Å²) in [7, 11) is 0. The highest BCUT2D eigenvalue weighted by atomic mass is 16.1. The number of allylic oxidation sites excluding steroid dienone is 3. The molecule has 12 heavy (non-hydrogen) atoms. The van der Waals surface area contributed by atoms with E-state index in [9.17, 15) is 4.79 Å². The highest BCUT2D eigenvalue weighted by molar-refractivity contribution is 5.96. The Morgan fingerprint density at radius 3 is 3.17 bits per heavy atom. The number of carbonyl (C=O) groups excluding carboxylic acids is 1. The third-order valence-corrected chi connectivity index (χ3v) is 1.89. The summed E-state index contributed by atoms with van der Waals surface area (Å²) in [5.41, 5.74) is 0.824. The number of rotatable bonds is 1. The molecule has 0 aromatic rings. The molecule has 0 atom stereocenters. The van der Waals surface area contributed by atoms with Crippen molar-refractivity contribution < 1.29 is 4.79 Å². The Hall–Kier alpha value is -0.890. The lowest BCUT2D eigenvalue weighted by Crippen LogP contribution is -2.15. The van der Waals surface area contributed by atoms with Crippen LogP contribution in [0.25, 0.3) is 0 Å². The first-order chi connectivity index (χ1) is 5.80. The molecule has 2 nitrogen and oxygen atoms in total. The van der Waals surface area contributed by atoms with E-state index in [1.165, 1.54) is 0 Å². The minimum absolute atomic E-state index is 0.148. The van der Waals surface area contributed by atoms with Gasteiger partial charge in [-0.15, -0.1) is 0 Å². The second-order valence-electron chi connectivity index (χ2n) is 2.96. The standard InChI is InChI=1S/C10H15NO/c1-9(12)10-5-3-2-4-7-11-8-6-10/h3,5-6,11H,2,4,7-8H2,1H3. The van der Waals surface area contributed by atoms with E-state index in [0.29, 0.717) is 0 Å². The molecular weight excluding hydrogens is 150 g/mol. The Balaban J connectivity index is 2.64. The van der Waals surface area contributed by atoms with E-state index >= 15 is 0 Å². The molecule has 0 spiro atoms. The molecule has 2 heteroatoms. The molecule has 1 heterocycles. The Bertz CT molecular complexity index is 216. The number of nitrogens with one attached hydrogen (secondary N) is 1. The quantitative estimate of drug-likeness (QED) is 0.637. The Labute approximate surface area is 73.4 Å². The fourth-order valence-electron chi connectivity index (χ4n) is 1.17. The number of Topliss-reactive ketones (excluding diaryl/α,β-unsaturated/α-hetero) is 1.